The Balaban J connectivity index is 1.45. The van der Waals surface area contributed by atoms with Crippen LogP contribution in [0.4, 0.5) is 0 Å². The zero-order chi connectivity index (χ0) is 16.8. The zero-order valence-corrected chi connectivity index (χ0v) is 13.8. The normalized spacial score (nSPS) is 34.9. The minimum atomic E-state index is -0.761. The number of carbonyl (C=O) groups excluding carboxylic acids is 1. The van der Waals surface area contributed by atoms with E-state index in [1.165, 1.54) is 0 Å². The maximum Gasteiger partial charge on any atom is 0.307 e. The molecule has 1 unspecified atom stereocenters. The van der Waals surface area contributed by atoms with E-state index in [4.69, 9.17) is 9.15 Å². The van der Waals surface area contributed by atoms with Crippen molar-refractivity contribution in [2.75, 3.05) is 13.2 Å². The van der Waals surface area contributed by atoms with Crippen LogP contribution in [0.15, 0.2) is 16.5 Å². The summed E-state index contributed by atoms with van der Waals surface area (Å²) in [6.45, 7) is 3.14. The molecule has 4 rings (SSSR count). The van der Waals surface area contributed by atoms with Gasteiger partial charge in [-0.05, 0) is 43.2 Å². The molecule has 6 nitrogen and oxygen atoms in total. The van der Waals surface area contributed by atoms with Crippen LogP contribution in [0.5, 0.6) is 0 Å². The summed E-state index contributed by atoms with van der Waals surface area (Å²) in [5.74, 6) is 0.878. The molecular weight excluding hydrogens is 310 g/mol. The van der Waals surface area contributed by atoms with Crippen LogP contribution in [-0.2, 0) is 20.7 Å². The van der Waals surface area contributed by atoms with Gasteiger partial charge in [-0.3, -0.25) is 9.59 Å². The van der Waals surface area contributed by atoms with Crippen molar-refractivity contribution in [2.45, 2.75) is 44.8 Å². The lowest BCUT2D eigenvalue weighted by atomic mass is 10.1. The highest BCUT2D eigenvalue weighted by atomic mass is 16.5. The van der Waals surface area contributed by atoms with Gasteiger partial charge in [0, 0.05) is 13.0 Å². The minimum Gasteiger partial charge on any atom is -0.481 e. The molecule has 3 heterocycles. The molecule has 0 bridgehead atoms. The summed E-state index contributed by atoms with van der Waals surface area (Å²) in [6.07, 6.45) is 2.72. The summed E-state index contributed by atoms with van der Waals surface area (Å²) < 4.78 is 11.6. The number of aliphatic carboxylic acids is 1. The Morgan fingerprint density at radius 2 is 2.17 bits per heavy atom. The fourth-order valence-corrected chi connectivity index (χ4v) is 4.35. The molecule has 1 aromatic heterocycles. The predicted octanol–water partition coefficient (Wildman–Crippen LogP) is 2.24. The van der Waals surface area contributed by atoms with Crippen LogP contribution in [0, 0.1) is 17.8 Å². The van der Waals surface area contributed by atoms with Gasteiger partial charge in [0.05, 0.1) is 18.6 Å². The fraction of sp³-hybridized carbons (Fsp3) is 0.667. The van der Waals surface area contributed by atoms with Gasteiger partial charge in [-0.1, -0.05) is 6.92 Å². The van der Waals surface area contributed by atoms with Gasteiger partial charge < -0.3 is 19.2 Å². The third-order valence-electron chi connectivity index (χ3n) is 5.76. The monoisotopic (exact) mass is 333 g/mol. The number of ether oxygens (including phenoxy) is 1. The molecule has 0 spiro atoms. The van der Waals surface area contributed by atoms with Crippen LogP contribution < -0.4 is 0 Å². The molecule has 1 N–H and O–H groups in total. The lowest BCUT2D eigenvalue weighted by Gasteiger charge is -2.29. The molecule has 130 valence electrons. The number of fused-ring (bicyclic) bond motifs is 1. The minimum absolute atomic E-state index is 0.0126. The first-order chi connectivity index (χ1) is 11.6. The number of amides is 1. The van der Waals surface area contributed by atoms with Gasteiger partial charge in [0.25, 0.3) is 5.91 Å². The fourth-order valence-electron chi connectivity index (χ4n) is 4.35. The number of carboxylic acids is 1. The van der Waals surface area contributed by atoms with E-state index in [9.17, 15) is 14.7 Å². The van der Waals surface area contributed by atoms with E-state index in [-0.39, 0.29) is 29.7 Å². The van der Waals surface area contributed by atoms with E-state index in [1.807, 2.05) is 24.0 Å². The van der Waals surface area contributed by atoms with E-state index < -0.39 is 12.1 Å². The molecule has 24 heavy (non-hydrogen) atoms. The van der Waals surface area contributed by atoms with E-state index in [1.54, 1.807) is 0 Å². The van der Waals surface area contributed by atoms with E-state index >= 15 is 0 Å². The quantitative estimate of drug-likeness (QED) is 0.914. The number of hydrogen-bond acceptors (Lipinski definition) is 4. The first-order valence-electron chi connectivity index (χ1n) is 8.83. The number of nitrogens with zero attached hydrogens (tertiary/aromatic N) is 1. The van der Waals surface area contributed by atoms with Gasteiger partial charge >= 0.3 is 5.97 Å². The average molecular weight is 333 g/mol. The Morgan fingerprint density at radius 1 is 1.33 bits per heavy atom. The van der Waals surface area contributed by atoms with Gasteiger partial charge in [0.1, 0.15) is 17.6 Å². The molecule has 0 aromatic carbocycles. The molecule has 3 fully saturated rings. The molecule has 2 saturated heterocycles. The van der Waals surface area contributed by atoms with Crippen LogP contribution in [0.1, 0.15) is 43.7 Å². The average Bonchev–Trinajstić information content (AvgIpc) is 2.92. The molecule has 1 aliphatic carbocycles. The smallest absolute Gasteiger partial charge is 0.307 e. The summed E-state index contributed by atoms with van der Waals surface area (Å²) in [7, 11) is 0. The molecule has 1 saturated carbocycles. The third kappa shape index (κ3) is 2.53. The second-order valence-corrected chi connectivity index (χ2v) is 7.10. The van der Waals surface area contributed by atoms with Crippen molar-refractivity contribution < 1.29 is 23.8 Å². The van der Waals surface area contributed by atoms with E-state index in [0.29, 0.717) is 19.6 Å². The van der Waals surface area contributed by atoms with Crippen molar-refractivity contribution in [3.8, 4) is 0 Å². The van der Waals surface area contributed by atoms with Gasteiger partial charge in [-0.2, -0.15) is 0 Å². The van der Waals surface area contributed by atoms with Crippen LogP contribution in [0.25, 0.3) is 0 Å². The summed E-state index contributed by atoms with van der Waals surface area (Å²) in [6, 6.07) is 3.92. The number of aryl methyl sites for hydroxylation is 1. The molecule has 2 aliphatic heterocycles. The van der Waals surface area contributed by atoms with Gasteiger partial charge in [0.15, 0.2) is 0 Å². The molecule has 3 aliphatic rings. The molecule has 5 atom stereocenters. The number of carbonyl (C=O) groups is 2. The SMILES string of the molecule is CCc1ccc(C2CCCN2C(=O)[C@@H]2C[C@H]3[C@@H](CO2)[C@H]3C(=O)O)o1. The summed E-state index contributed by atoms with van der Waals surface area (Å²) >= 11 is 0. The van der Waals surface area contributed by atoms with Crippen molar-refractivity contribution in [1.82, 2.24) is 4.90 Å². The van der Waals surface area contributed by atoms with Gasteiger partial charge in [-0.15, -0.1) is 0 Å². The topological polar surface area (TPSA) is 80.0 Å². The molecule has 6 heteroatoms. The molecular formula is C18H23NO5. The van der Waals surface area contributed by atoms with Crippen molar-refractivity contribution in [3.63, 3.8) is 0 Å². The maximum absolute atomic E-state index is 12.9. The number of carboxylic acid groups (broad SMARTS) is 1. The molecule has 1 aromatic rings. The van der Waals surface area contributed by atoms with E-state index in [0.717, 1.165) is 30.8 Å². The number of likely N-dealkylation sites (tertiary alicyclic amines) is 1. The van der Waals surface area contributed by atoms with Crippen molar-refractivity contribution in [1.29, 1.82) is 0 Å². The summed E-state index contributed by atoms with van der Waals surface area (Å²) in [5, 5.41) is 9.17. The van der Waals surface area contributed by atoms with Crippen molar-refractivity contribution in [3.05, 3.63) is 23.7 Å². The van der Waals surface area contributed by atoms with Crippen LogP contribution >= 0.6 is 0 Å². The number of hydrogen-bond donors (Lipinski definition) is 1. The molecule has 1 amide bonds. The number of furan rings is 1. The summed E-state index contributed by atoms with van der Waals surface area (Å²) in [5.41, 5.74) is 0. The Morgan fingerprint density at radius 3 is 2.88 bits per heavy atom. The van der Waals surface area contributed by atoms with Crippen molar-refractivity contribution >= 4 is 11.9 Å². The third-order valence-corrected chi connectivity index (χ3v) is 5.76. The lowest BCUT2D eigenvalue weighted by Crippen LogP contribution is -2.42. The summed E-state index contributed by atoms with van der Waals surface area (Å²) in [4.78, 5) is 25.9. The van der Waals surface area contributed by atoms with E-state index in [2.05, 4.69) is 0 Å². The van der Waals surface area contributed by atoms with Crippen LogP contribution in [0.3, 0.4) is 0 Å². The largest absolute Gasteiger partial charge is 0.481 e. The Hall–Kier alpha value is -1.82. The second-order valence-electron chi connectivity index (χ2n) is 7.10. The maximum atomic E-state index is 12.9. The lowest BCUT2D eigenvalue weighted by molar-refractivity contribution is -0.148. The highest BCUT2D eigenvalue weighted by molar-refractivity contribution is 5.82. The highest BCUT2D eigenvalue weighted by Crippen LogP contribution is 2.53. The Kier molecular flexibility index (Phi) is 3.87. The Labute approximate surface area is 140 Å². The van der Waals surface area contributed by atoms with Crippen LogP contribution in [-0.4, -0.2) is 41.1 Å². The highest BCUT2D eigenvalue weighted by Gasteiger charge is 2.59. The standard InChI is InChI=1S/C18H23NO5/c1-2-10-5-6-14(24-10)13-4-3-7-19(13)17(20)15-8-11-12(9-23-15)16(11)18(21)22/h5-6,11-13,15-16H,2-4,7-9H2,1H3,(H,21,22)/t11-,12+,13?,15-,16-/m0/s1. The van der Waals surface area contributed by atoms with Crippen LogP contribution in [0.2, 0.25) is 0 Å². The van der Waals surface area contributed by atoms with Gasteiger partial charge in [0.2, 0.25) is 0 Å². The van der Waals surface area contributed by atoms with Gasteiger partial charge in [-0.25, -0.2) is 0 Å². The van der Waals surface area contributed by atoms with Crippen molar-refractivity contribution in [2.24, 2.45) is 17.8 Å². The molecule has 0 radical (unpaired) electrons. The second kappa shape index (κ2) is 5.92. The Bertz CT molecular complexity index is 654. The predicted molar refractivity (Wildman–Crippen MR) is 84.2 cm³/mol. The number of rotatable bonds is 4. The first kappa shape index (κ1) is 15.7. The zero-order valence-electron chi connectivity index (χ0n) is 13.8. The first-order valence-corrected chi connectivity index (χ1v) is 8.83.